The molecular weight excluding hydrogens is 408 g/mol. The molecule has 1 unspecified atom stereocenters. The highest BCUT2D eigenvalue weighted by Gasteiger charge is 2.25. The second-order valence-corrected chi connectivity index (χ2v) is 8.67. The van der Waals surface area contributed by atoms with Crippen LogP contribution in [-0.4, -0.2) is 53.9 Å². The van der Waals surface area contributed by atoms with Gasteiger partial charge in [-0.1, -0.05) is 29.8 Å². The van der Waals surface area contributed by atoms with Crippen LogP contribution in [0.3, 0.4) is 0 Å². The Kier molecular flexibility index (Phi) is 6.30. The van der Waals surface area contributed by atoms with Gasteiger partial charge in [0, 0.05) is 29.5 Å². The van der Waals surface area contributed by atoms with Crippen molar-refractivity contribution < 1.29 is 9.53 Å². The van der Waals surface area contributed by atoms with Gasteiger partial charge in [0.15, 0.2) is 5.69 Å². The van der Waals surface area contributed by atoms with Crippen LogP contribution < -0.4 is 5.32 Å². The lowest BCUT2D eigenvalue weighted by Crippen LogP contribution is -2.44. The van der Waals surface area contributed by atoms with Gasteiger partial charge >= 0.3 is 0 Å². The van der Waals surface area contributed by atoms with Crippen molar-refractivity contribution in [3.05, 3.63) is 63.6 Å². The van der Waals surface area contributed by atoms with Gasteiger partial charge in [-0.25, -0.2) is 0 Å². The summed E-state index contributed by atoms with van der Waals surface area (Å²) in [6, 6.07) is 13.6. The summed E-state index contributed by atoms with van der Waals surface area (Å²) in [6.07, 6.45) is 0. The molecule has 8 heteroatoms. The van der Waals surface area contributed by atoms with E-state index in [9.17, 15) is 4.79 Å². The van der Waals surface area contributed by atoms with E-state index in [0.717, 1.165) is 29.2 Å². The Hall–Kier alpha value is -2.19. The molecule has 0 radical (unpaired) electrons. The van der Waals surface area contributed by atoms with Crippen molar-refractivity contribution in [1.82, 2.24) is 20.4 Å². The fraction of sp³-hybridized carbons (Fsp3) is 0.333. The maximum absolute atomic E-state index is 12.7. The highest BCUT2D eigenvalue weighted by atomic mass is 35.5. The molecule has 1 fully saturated rings. The molecule has 3 aromatic rings. The van der Waals surface area contributed by atoms with Crippen LogP contribution in [0.15, 0.2) is 42.5 Å². The Balaban J connectivity index is 1.47. The molecule has 3 heterocycles. The second-order valence-electron chi connectivity index (χ2n) is 6.97. The Morgan fingerprint density at radius 3 is 2.83 bits per heavy atom. The Morgan fingerprint density at radius 1 is 1.31 bits per heavy atom. The number of hydrogen-bond acceptors (Lipinski definition) is 5. The third-order valence-corrected chi connectivity index (χ3v) is 6.40. The van der Waals surface area contributed by atoms with Crippen molar-refractivity contribution in [2.75, 3.05) is 32.8 Å². The van der Waals surface area contributed by atoms with Crippen LogP contribution in [0, 0.1) is 6.92 Å². The van der Waals surface area contributed by atoms with Crippen LogP contribution in [0.1, 0.15) is 27.0 Å². The van der Waals surface area contributed by atoms with Crippen molar-refractivity contribution in [1.29, 1.82) is 0 Å². The minimum absolute atomic E-state index is 0.0186. The molecule has 1 saturated heterocycles. The summed E-state index contributed by atoms with van der Waals surface area (Å²) in [4.78, 5) is 17.3. The first-order chi connectivity index (χ1) is 14.1. The summed E-state index contributed by atoms with van der Waals surface area (Å²) >= 11 is 8.12. The molecule has 1 aliphatic rings. The van der Waals surface area contributed by atoms with Crippen molar-refractivity contribution in [3.63, 3.8) is 0 Å². The Labute approximate surface area is 178 Å². The van der Waals surface area contributed by atoms with Crippen molar-refractivity contribution in [2.24, 2.45) is 0 Å². The van der Waals surface area contributed by atoms with Crippen LogP contribution in [-0.2, 0) is 4.74 Å². The van der Waals surface area contributed by atoms with Crippen LogP contribution in [0.4, 0.5) is 0 Å². The van der Waals surface area contributed by atoms with E-state index in [1.807, 2.05) is 30.3 Å². The smallest absolute Gasteiger partial charge is 0.271 e. The molecule has 1 aromatic carbocycles. The van der Waals surface area contributed by atoms with Crippen molar-refractivity contribution in [2.45, 2.75) is 13.0 Å². The molecule has 1 atom stereocenters. The summed E-state index contributed by atoms with van der Waals surface area (Å²) in [5.74, 6) is -0.203. The predicted octanol–water partition coefficient (Wildman–Crippen LogP) is 3.90. The number of aromatic nitrogens is 2. The zero-order chi connectivity index (χ0) is 20.2. The molecule has 2 N–H and O–H groups in total. The monoisotopic (exact) mass is 430 g/mol. The Bertz CT molecular complexity index is 980. The van der Waals surface area contributed by atoms with Gasteiger partial charge in [0.05, 0.1) is 29.8 Å². The molecule has 1 amide bonds. The molecule has 2 aromatic heterocycles. The van der Waals surface area contributed by atoms with E-state index < -0.39 is 0 Å². The molecule has 0 spiro atoms. The summed E-state index contributed by atoms with van der Waals surface area (Å²) < 4.78 is 5.48. The maximum atomic E-state index is 12.7. The first kappa shape index (κ1) is 20.1. The fourth-order valence-electron chi connectivity index (χ4n) is 3.49. The average molecular weight is 431 g/mol. The third kappa shape index (κ3) is 4.70. The van der Waals surface area contributed by atoms with Gasteiger partial charge in [-0.15, -0.1) is 11.3 Å². The first-order valence-corrected chi connectivity index (χ1v) is 10.8. The van der Waals surface area contributed by atoms with Crippen molar-refractivity contribution >= 4 is 28.8 Å². The predicted molar refractivity (Wildman–Crippen MR) is 116 cm³/mol. The van der Waals surface area contributed by atoms with Crippen LogP contribution in [0.5, 0.6) is 0 Å². The van der Waals surface area contributed by atoms with E-state index in [2.05, 4.69) is 33.4 Å². The number of hydrogen-bond donors (Lipinski definition) is 2. The SMILES string of the molecule is Cc1ccc(-c2cc(C(=O)NCC(c3ccccc3Cl)N3CCOCC3)n[nH]2)s1. The normalized spacial score (nSPS) is 15.9. The Morgan fingerprint density at radius 2 is 2.10 bits per heavy atom. The molecule has 0 saturated carbocycles. The summed E-state index contributed by atoms with van der Waals surface area (Å²) in [7, 11) is 0. The lowest BCUT2D eigenvalue weighted by atomic mass is 10.0. The van der Waals surface area contributed by atoms with Gasteiger partial charge in [-0.3, -0.25) is 14.8 Å². The average Bonchev–Trinajstić information content (AvgIpc) is 3.39. The molecule has 152 valence electrons. The molecule has 4 rings (SSSR count). The number of halogens is 1. The number of morpholine rings is 1. The highest BCUT2D eigenvalue weighted by molar-refractivity contribution is 7.15. The number of aromatic amines is 1. The molecule has 0 bridgehead atoms. The molecule has 6 nitrogen and oxygen atoms in total. The minimum Gasteiger partial charge on any atom is -0.379 e. The first-order valence-electron chi connectivity index (χ1n) is 9.58. The van der Waals surface area contributed by atoms with Crippen LogP contribution in [0.25, 0.3) is 10.6 Å². The lowest BCUT2D eigenvalue weighted by molar-refractivity contribution is 0.0162. The largest absolute Gasteiger partial charge is 0.379 e. The van der Waals surface area contributed by atoms with E-state index in [-0.39, 0.29) is 11.9 Å². The minimum atomic E-state index is -0.203. The summed E-state index contributed by atoms with van der Waals surface area (Å²) in [5, 5.41) is 10.9. The maximum Gasteiger partial charge on any atom is 0.271 e. The van der Waals surface area contributed by atoms with Gasteiger partial charge in [0.25, 0.3) is 5.91 Å². The van der Waals surface area contributed by atoms with E-state index in [4.69, 9.17) is 16.3 Å². The lowest BCUT2D eigenvalue weighted by Gasteiger charge is -2.35. The number of ether oxygens (including phenoxy) is 1. The van der Waals surface area contributed by atoms with Gasteiger partial charge < -0.3 is 10.1 Å². The highest BCUT2D eigenvalue weighted by Crippen LogP contribution is 2.28. The number of amides is 1. The quantitative estimate of drug-likeness (QED) is 0.622. The van der Waals surface area contributed by atoms with E-state index in [1.54, 1.807) is 17.4 Å². The van der Waals surface area contributed by atoms with E-state index >= 15 is 0 Å². The number of carbonyl (C=O) groups is 1. The number of carbonyl (C=O) groups excluding carboxylic acids is 1. The van der Waals surface area contributed by atoms with Gasteiger partial charge in [0.2, 0.25) is 0 Å². The number of thiophene rings is 1. The number of benzene rings is 1. The fourth-order valence-corrected chi connectivity index (χ4v) is 4.59. The van der Waals surface area contributed by atoms with Gasteiger partial charge in [-0.2, -0.15) is 5.10 Å². The number of aryl methyl sites for hydroxylation is 1. The molecule has 29 heavy (non-hydrogen) atoms. The van der Waals surface area contributed by atoms with Crippen LogP contribution in [0.2, 0.25) is 5.02 Å². The number of nitrogens with one attached hydrogen (secondary N) is 2. The zero-order valence-electron chi connectivity index (χ0n) is 16.2. The van der Waals surface area contributed by atoms with Crippen LogP contribution >= 0.6 is 22.9 Å². The number of rotatable bonds is 6. The number of H-pyrrole nitrogens is 1. The standard InChI is InChI=1S/C21H23ClN4O2S/c1-14-6-7-20(29-14)17-12-18(25-24-17)21(27)23-13-19(26-8-10-28-11-9-26)15-4-2-3-5-16(15)22/h2-7,12,19H,8-11,13H2,1H3,(H,23,27)(H,24,25). The number of nitrogens with zero attached hydrogens (tertiary/aromatic N) is 2. The van der Waals surface area contributed by atoms with E-state index in [0.29, 0.717) is 30.5 Å². The zero-order valence-corrected chi connectivity index (χ0v) is 17.7. The molecular formula is C21H23ClN4O2S. The van der Waals surface area contributed by atoms with Crippen molar-refractivity contribution in [3.8, 4) is 10.6 Å². The third-order valence-electron chi connectivity index (χ3n) is 5.02. The molecule has 0 aliphatic carbocycles. The van der Waals surface area contributed by atoms with E-state index in [1.165, 1.54) is 4.88 Å². The topological polar surface area (TPSA) is 70.2 Å². The van der Waals surface area contributed by atoms with Gasteiger partial charge in [0.1, 0.15) is 0 Å². The van der Waals surface area contributed by atoms with Gasteiger partial charge in [-0.05, 0) is 36.8 Å². The summed E-state index contributed by atoms with van der Waals surface area (Å²) in [5.41, 5.74) is 2.24. The second kappa shape index (κ2) is 9.09. The summed E-state index contributed by atoms with van der Waals surface area (Å²) in [6.45, 7) is 5.46. The molecule has 1 aliphatic heterocycles.